The second-order valence-electron chi connectivity index (χ2n) is 7.23. The SMILES string of the molecule is COCCOC1CCC(=CN(Cc2ccccc2)Cc2ccccc2)CC1. The van der Waals surface area contributed by atoms with Gasteiger partial charge in [0.05, 0.1) is 19.3 Å². The number of nitrogens with zero attached hydrogens (tertiary/aromatic N) is 1. The van der Waals surface area contributed by atoms with Gasteiger partial charge in [0.15, 0.2) is 0 Å². The fourth-order valence-electron chi connectivity index (χ4n) is 3.60. The molecule has 0 saturated heterocycles. The van der Waals surface area contributed by atoms with E-state index in [0.29, 0.717) is 19.3 Å². The van der Waals surface area contributed by atoms with Crippen molar-refractivity contribution in [3.8, 4) is 0 Å². The average Bonchev–Trinajstić information content (AvgIpc) is 2.71. The molecule has 0 spiro atoms. The summed E-state index contributed by atoms with van der Waals surface area (Å²) in [7, 11) is 1.72. The van der Waals surface area contributed by atoms with Crippen LogP contribution < -0.4 is 0 Å². The highest BCUT2D eigenvalue weighted by atomic mass is 16.5. The molecule has 0 bridgehead atoms. The molecule has 0 aliphatic heterocycles. The van der Waals surface area contributed by atoms with Gasteiger partial charge in [0.25, 0.3) is 0 Å². The first-order valence-corrected chi connectivity index (χ1v) is 9.95. The number of rotatable bonds is 9. The number of hydrogen-bond acceptors (Lipinski definition) is 3. The second kappa shape index (κ2) is 10.9. The van der Waals surface area contributed by atoms with Crippen LogP contribution in [0.3, 0.4) is 0 Å². The predicted molar refractivity (Wildman–Crippen MR) is 110 cm³/mol. The molecule has 2 aromatic rings. The number of allylic oxidation sites excluding steroid dienone is 1. The lowest BCUT2D eigenvalue weighted by atomic mass is 9.93. The van der Waals surface area contributed by atoms with Crippen LogP contribution in [-0.4, -0.2) is 31.3 Å². The first-order chi connectivity index (χ1) is 13.3. The first kappa shape index (κ1) is 19.7. The third-order valence-corrected chi connectivity index (χ3v) is 5.04. The molecule has 1 fully saturated rings. The van der Waals surface area contributed by atoms with E-state index in [-0.39, 0.29) is 0 Å². The van der Waals surface area contributed by atoms with Gasteiger partial charge in [0, 0.05) is 20.2 Å². The van der Waals surface area contributed by atoms with Crippen LogP contribution in [0.25, 0.3) is 0 Å². The molecule has 3 rings (SSSR count). The zero-order valence-electron chi connectivity index (χ0n) is 16.3. The molecule has 0 unspecified atom stereocenters. The molecule has 0 amide bonds. The Kier molecular flexibility index (Phi) is 7.94. The minimum Gasteiger partial charge on any atom is -0.382 e. The van der Waals surface area contributed by atoms with Crippen LogP contribution in [0.15, 0.2) is 72.4 Å². The molecule has 3 heteroatoms. The Bertz CT molecular complexity index is 633. The summed E-state index contributed by atoms with van der Waals surface area (Å²) in [6, 6.07) is 21.4. The van der Waals surface area contributed by atoms with Crippen molar-refractivity contribution in [2.75, 3.05) is 20.3 Å². The summed E-state index contributed by atoms with van der Waals surface area (Å²) < 4.78 is 11.0. The van der Waals surface area contributed by atoms with Crippen molar-refractivity contribution in [1.82, 2.24) is 4.90 Å². The van der Waals surface area contributed by atoms with Gasteiger partial charge in [-0.1, -0.05) is 66.2 Å². The molecule has 144 valence electrons. The van der Waals surface area contributed by atoms with E-state index in [2.05, 4.69) is 71.8 Å². The molecule has 0 radical (unpaired) electrons. The highest BCUT2D eigenvalue weighted by molar-refractivity contribution is 5.19. The monoisotopic (exact) mass is 365 g/mol. The van der Waals surface area contributed by atoms with E-state index in [4.69, 9.17) is 9.47 Å². The fraction of sp³-hybridized carbons (Fsp3) is 0.417. The largest absolute Gasteiger partial charge is 0.382 e. The lowest BCUT2D eigenvalue weighted by Crippen LogP contribution is -2.22. The van der Waals surface area contributed by atoms with Crippen molar-refractivity contribution >= 4 is 0 Å². The molecule has 0 N–H and O–H groups in total. The molecule has 3 nitrogen and oxygen atoms in total. The molecule has 0 atom stereocenters. The number of methoxy groups -OCH3 is 1. The third-order valence-electron chi connectivity index (χ3n) is 5.04. The summed E-state index contributed by atoms with van der Waals surface area (Å²) in [6.45, 7) is 3.26. The molecule has 1 saturated carbocycles. The van der Waals surface area contributed by atoms with Crippen LogP contribution in [0.1, 0.15) is 36.8 Å². The summed E-state index contributed by atoms with van der Waals surface area (Å²) in [4.78, 5) is 2.45. The molecule has 0 heterocycles. The lowest BCUT2D eigenvalue weighted by Gasteiger charge is -2.27. The smallest absolute Gasteiger partial charge is 0.0704 e. The minimum absolute atomic E-state index is 0.383. The van der Waals surface area contributed by atoms with Gasteiger partial charge in [-0.05, 0) is 43.0 Å². The van der Waals surface area contributed by atoms with E-state index in [9.17, 15) is 0 Å². The van der Waals surface area contributed by atoms with Crippen LogP contribution in [0, 0.1) is 0 Å². The first-order valence-electron chi connectivity index (χ1n) is 9.95. The molecule has 0 aromatic heterocycles. The Hall–Kier alpha value is -2.10. The molecule has 1 aliphatic rings. The van der Waals surface area contributed by atoms with Gasteiger partial charge in [-0.15, -0.1) is 0 Å². The normalized spacial score (nSPS) is 16.9. The van der Waals surface area contributed by atoms with Gasteiger partial charge in [-0.3, -0.25) is 0 Å². The maximum atomic E-state index is 5.90. The zero-order chi connectivity index (χ0) is 18.7. The lowest BCUT2D eigenvalue weighted by molar-refractivity contribution is 0.00468. The van der Waals surface area contributed by atoms with Gasteiger partial charge < -0.3 is 14.4 Å². The Morgan fingerprint density at radius 3 is 1.93 bits per heavy atom. The topological polar surface area (TPSA) is 21.7 Å². The highest BCUT2D eigenvalue weighted by Gasteiger charge is 2.17. The number of hydrogen-bond donors (Lipinski definition) is 0. The van der Waals surface area contributed by atoms with Crippen LogP contribution in [0.4, 0.5) is 0 Å². The van der Waals surface area contributed by atoms with Crippen molar-refractivity contribution < 1.29 is 9.47 Å². The van der Waals surface area contributed by atoms with Gasteiger partial charge in [0.2, 0.25) is 0 Å². The molecule has 1 aliphatic carbocycles. The van der Waals surface area contributed by atoms with E-state index < -0.39 is 0 Å². The summed E-state index contributed by atoms with van der Waals surface area (Å²) in [5, 5.41) is 0. The van der Waals surface area contributed by atoms with Crippen LogP contribution in [0.2, 0.25) is 0 Å². The van der Waals surface area contributed by atoms with Crippen LogP contribution >= 0.6 is 0 Å². The summed E-state index contributed by atoms with van der Waals surface area (Å²) in [6.07, 6.45) is 7.25. The summed E-state index contributed by atoms with van der Waals surface area (Å²) >= 11 is 0. The van der Waals surface area contributed by atoms with Crippen LogP contribution in [0.5, 0.6) is 0 Å². The quantitative estimate of drug-likeness (QED) is 0.572. The van der Waals surface area contributed by atoms with E-state index in [1.165, 1.54) is 16.7 Å². The Labute approximate surface area is 163 Å². The Balaban J connectivity index is 1.61. The minimum atomic E-state index is 0.383. The number of benzene rings is 2. The van der Waals surface area contributed by atoms with Crippen molar-refractivity contribution in [3.05, 3.63) is 83.6 Å². The van der Waals surface area contributed by atoms with Gasteiger partial charge in [0.1, 0.15) is 0 Å². The van der Waals surface area contributed by atoms with Crippen molar-refractivity contribution in [2.24, 2.45) is 0 Å². The van der Waals surface area contributed by atoms with E-state index in [1.54, 1.807) is 7.11 Å². The second-order valence-corrected chi connectivity index (χ2v) is 7.23. The predicted octanol–water partition coefficient (Wildman–Crippen LogP) is 5.18. The average molecular weight is 366 g/mol. The number of ether oxygens (including phenoxy) is 2. The molecule has 2 aromatic carbocycles. The molecular formula is C24H31NO2. The van der Waals surface area contributed by atoms with E-state index >= 15 is 0 Å². The maximum Gasteiger partial charge on any atom is 0.0704 e. The standard InChI is InChI=1S/C24H31NO2/c1-26-16-17-27-24-14-12-23(13-15-24)20-25(18-21-8-4-2-5-9-21)19-22-10-6-3-7-11-22/h2-11,20,24H,12-19H2,1H3. The molecular weight excluding hydrogens is 334 g/mol. The van der Waals surface area contributed by atoms with Crippen molar-refractivity contribution in [1.29, 1.82) is 0 Å². The van der Waals surface area contributed by atoms with Crippen molar-refractivity contribution in [2.45, 2.75) is 44.9 Å². The van der Waals surface area contributed by atoms with Crippen LogP contribution in [-0.2, 0) is 22.6 Å². The third kappa shape index (κ3) is 6.85. The molecule has 27 heavy (non-hydrogen) atoms. The van der Waals surface area contributed by atoms with Gasteiger partial charge >= 0.3 is 0 Å². The van der Waals surface area contributed by atoms with E-state index in [1.807, 2.05) is 0 Å². The summed E-state index contributed by atoms with van der Waals surface area (Å²) in [5.74, 6) is 0. The Morgan fingerprint density at radius 2 is 1.41 bits per heavy atom. The Morgan fingerprint density at radius 1 is 0.852 bits per heavy atom. The van der Waals surface area contributed by atoms with Crippen molar-refractivity contribution in [3.63, 3.8) is 0 Å². The van der Waals surface area contributed by atoms with Gasteiger partial charge in [-0.25, -0.2) is 0 Å². The zero-order valence-corrected chi connectivity index (χ0v) is 16.3. The van der Waals surface area contributed by atoms with Gasteiger partial charge in [-0.2, -0.15) is 0 Å². The highest BCUT2D eigenvalue weighted by Crippen LogP contribution is 2.26. The summed E-state index contributed by atoms with van der Waals surface area (Å²) in [5.41, 5.74) is 4.23. The van der Waals surface area contributed by atoms with E-state index in [0.717, 1.165) is 38.8 Å². The fourth-order valence-corrected chi connectivity index (χ4v) is 3.60. The maximum absolute atomic E-state index is 5.90.